The van der Waals surface area contributed by atoms with E-state index in [4.69, 9.17) is 22.0 Å². The maximum atomic E-state index is 11.8. The molecule has 0 atom stereocenters. The van der Waals surface area contributed by atoms with Gasteiger partial charge in [-0.25, -0.2) is 8.42 Å². The average molecular weight is 258 g/mol. The zero-order valence-electron chi connectivity index (χ0n) is 8.31. The number of sulfone groups is 1. The van der Waals surface area contributed by atoms with E-state index in [-0.39, 0.29) is 4.90 Å². The number of benzene rings is 1. The summed E-state index contributed by atoms with van der Waals surface area (Å²) in [7, 11) is -3.96. The molecule has 0 bridgehead atoms. The second-order valence-corrected chi connectivity index (χ2v) is 5.31. The lowest BCUT2D eigenvalue weighted by Crippen LogP contribution is -2.05. The minimum atomic E-state index is -3.96. The molecule has 0 saturated carbocycles. The Morgan fingerprint density at radius 1 is 1.38 bits per heavy atom. The van der Waals surface area contributed by atoms with E-state index in [1.807, 2.05) is 0 Å². The smallest absolute Gasteiger partial charge is 0.219 e. The van der Waals surface area contributed by atoms with Crippen molar-refractivity contribution >= 4 is 21.4 Å². The zero-order chi connectivity index (χ0) is 12.3. The van der Waals surface area contributed by atoms with Gasteiger partial charge < -0.3 is 5.11 Å². The molecule has 0 aromatic heterocycles. The molecule has 0 amide bonds. The Morgan fingerprint density at radius 3 is 2.25 bits per heavy atom. The molecule has 0 fully saturated rings. The standard InChI is InChI=1S/C10H8ClNO3S/c1-7(13)10(6-12)16(14,15)9-4-2-8(11)3-5-9/h2-5,13H,1H3. The van der Waals surface area contributed by atoms with Crippen LogP contribution in [-0.2, 0) is 9.84 Å². The van der Waals surface area contributed by atoms with Gasteiger partial charge in [0.25, 0.3) is 0 Å². The number of hydrogen-bond acceptors (Lipinski definition) is 4. The lowest BCUT2D eigenvalue weighted by atomic mass is 10.4. The summed E-state index contributed by atoms with van der Waals surface area (Å²) in [6.45, 7) is 1.14. The molecule has 1 N–H and O–H groups in total. The van der Waals surface area contributed by atoms with Crippen LogP contribution in [0.5, 0.6) is 0 Å². The van der Waals surface area contributed by atoms with Crippen molar-refractivity contribution in [3.8, 4) is 6.07 Å². The molecule has 84 valence electrons. The Bertz CT molecular complexity index is 563. The van der Waals surface area contributed by atoms with Crippen LogP contribution in [0.1, 0.15) is 6.92 Å². The SMILES string of the molecule is CC(O)=C(C#N)S(=O)(=O)c1ccc(Cl)cc1. The van der Waals surface area contributed by atoms with E-state index in [2.05, 4.69) is 0 Å². The van der Waals surface area contributed by atoms with E-state index in [0.717, 1.165) is 6.92 Å². The van der Waals surface area contributed by atoms with Crippen molar-refractivity contribution in [1.82, 2.24) is 0 Å². The van der Waals surface area contributed by atoms with Crippen LogP contribution in [0.15, 0.2) is 39.8 Å². The third-order valence-corrected chi connectivity index (χ3v) is 3.89. The largest absolute Gasteiger partial charge is 0.510 e. The van der Waals surface area contributed by atoms with Crippen LogP contribution in [0.3, 0.4) is 0 Å². The van der Waals surface area contributed by atoms with Crippen molar-refractivity contribution in [1.29, 1.82) is 5.26 Å². The highest BCUT2D eigenvalue weighted by molar-refractivity contribution is 7.95. The molecule has 0 aliphatic rings. The Kier molecular flexibility index (Phi) is 3.58. The number of rotatable bonds is 2. The predicted molar refractivity (Wildman–Crippen MR) is 59.6 cm³/mol. The quantitative estimate of drug-likeness (QED) is 0.652. The fraction of sp³-hybridized carbons (Fsp3) is 0.100. The maximum absolute atomic E-state index is 11.8. The number of hydrogen-bond donors (Lipinski definition) is 1. The molecule has 0 unspecified atom stereocenters. The van der Waals surface area contributed by atoms with Crippen LogP contribution in [0.2, 0.25) is 5.02 Å². The molecule has 6 heteroatoms. The van der Waals surface area contributed by atoms with Crippen LogP contribution in [0, 0.1) is 11.3 Å². The highest BCUT2D eigenvalue weighted by Gasteiger charge is 2.23. The van der Waals surface area contributed by atoms with E-state index >= 15 is 0 Å². The predicted octanol–water partition coefficient (Wildman–Crippen LogP) is 2.43. The molecular weight excluding hydrogens is 250 g/mol. The van der Waals surface area contributed by atoms with Gasteiger partial charge in [0.15, 0.2) is 4.91 Å². The first-order valence-corrected chi connectivity index (χ1v) is 6.06. The summed E-state index contributed by atoms with van der Waals surface area (Å²) in [4.78, 5) is -0.739. The minimum Gasteiger partial charge on any atom is -0.510 e. The minimum absolute atomic E-state index is 0.0816. The van der Waals surface area contributed by atoms with Crippen LogP contribution in [0.25, 0.3) is 0 Å². The van der Waals surface area contributed by atoms with Crippen LogP contribution < -0.4 is 0 Å². The molecule has 0 aliphatic carbocycles. The second kappa shape index (κ2) is 4.56. The summed E-state index contributed by atoms with van der Waals surface area (Å²) in [5.41, 5.74) is 0. The van der Waals surface area contributed by atoms with Gasteiger partial charge in [-0.3, -0.25) is 0 Å². The summed E-state index contributed by atoms with van der Waals surface area (Å²) in [5, 5.41) is 18.2. The van der Waals surface area contributed by atoms with Crippen molar-refractivity contribution < 1.29 is 13.5 Å². The van der Waals surface area contributed by atoms with Gasteiger partial charge in [-0.15, -0.1) is 0 Å². The van der Waals surface area contributed by atoms with Gasteiger partial charge >= 0.3 is 0 Å². The molecule has 0 radical (unpaired) electrons. The highest BCUT2D eigenvalue weighted by Crippen LogP contribution is 2.22. The van der Waals surface area contributed by atoms with Gasteiger partial charge in [0, 0.05) is 5.02 Å². The lowest BCUT2D eigenvalue weighted by Gasteiger charge is -2.03. The summed E-state index contributed by atoms with van der Waals surface area (Å²) >= 11 is 5.62. The van der Waals surface area contributed by atoms with Gasteiger partial charge in [-0.2, -0.15) is 5.26 Å². The Morgan fingerprint density at radius 2 is 1.88 bits per heavy atom. The van der Waals surface area contributed by atoms with Crippen molar-refractivity contribution in [2.75, 3.05) is 0 Å². The molecule has 1 aromatic carbocycles. The van der Waals surface area contributed by atoms with Crippen LogP contribution >= 0.6 is 11.6 Å². The maximum Gasteiger partial charge on any atom is 0.219 e. The van der Waals surface area contributed by atoms with Gasteiger partial charge in [-0.05, 0) is 31.2 Å². The number of aliphatic hydroxyl groups is 1. The van der Waals surface area contributed by atoms with E-state index in [0.29, 0.717) is 5.02 Å². The number of nitrogens with zero attached hydrogens (tertiary/aromatic N) is 1. The molecule has 1 rings (SSSR count). The zero-order valence-corrected chi connectivity index (χ0v) is 9.88. The first kappa shape index (κ1) is 12.6. The number of aliphatic hydroxyl groups excluding tert-OH is 1. The van der Waals surface area contributed by atoms with E-state index in [9.17, 15) is 8.42 Å². The Balaban J connectivity index is 3.40. The normalized spacial score (nSPS) is 12.8. The second-order valence-electron chi connectivity index (χ2n) is 2.98. The lowest BCUT2D eigenvalue weighted by molar-refractivity contribution is 0.412. The average Bonchev–Trinajstić information content (AvgIpc) is 2.18. The topological polar surface area (TPSA) is 78.2 Å². The van der Waals surface area contributed by atoms with Crippen molar-refractivity contribution in [2.24, 2.45) is 0 Å². The summed E-state index contributed by atoms with van der Waals surface area (Å²) in [6.07, 6.45) is 0. The van der Waals surface area contributed by atoms with Gasteiger partial charge in [-0.1, -0.05) is 11.6 Å². The molecule has 4 nitrogen and oxygen atoms in total. The molecule has 1 aromatic rings. The van der Waals surface area contributed by atoms with Crippen molar-refractivity contribution in [3.63, 3.8) is 0 Å². The van der Waals surface area contributed by atoms with Crippen LogP contribution in [-0.4, -0.2) is 13.5 Å². The number of nitriles is 1. The molecule has 0 saturated heterocycles. The molecule has 16 heavy (non-hydrogen) atoms. The Labute approximate surface area is 98.3 Å². The summed E-state index contributed by atoms with van der Waals surface area (Å²) < 4.78 is 23.7. The van der Waals surface area contributed by atoms with E-state index in [1.54, 1.807) is 0 Å². The van der Waals surface area contributed by atoms with Crippen molar-refractivity contribution in [3.05, 3.63) is 40.0 Å². The van der Waals surface area contributed by atoms with E-state index in [1.165, 1.54) is 30.3 Å². The summed E-state index contributed by atoms with van der Waals surface area (Å²) in [6, 6.07) is 6.81. The molecule has 0 heterocycles. The number of allylic oxidation sites excluding steroid dienone is 2. The molecule has 0 spiro atoms. The fourth-order valence-corrected chi connectivity index (χ4v) is 2.43. The first-order valence-electron chi connectivity index (χ1n) is 4.20. The highest BCUT2D eigenvalue weighted by atomic mass is 35.5. The van der Waals surface area contributed by atoms with Gasteiger partial charge in [0.05, 0.1) is 4.90 Å². The van der Waals surface area contributed by atoms with Crippen LogP contribution in [0.4, 0.5) is 0 Å². The fourth-order valence-electron chi connectivity index (χ4n) is 1.07. The van der Waals surface area contributed by atoms with Gasteiger partial charge in [0.2, 0.25) is 9.84 Å². The summed E-state index contributed by atoms with van der Waals surface area (Å²) in [5.74, 6) is -0.530. The third-order valence-electron chi connectivity index (χ3n) is 1.82. The Hall–Kier alpha value is -1.51. The number of halogens is 1. The van der Waals surface area contributed by atoms with Gasteiger partial charge in [0.1, 0.15) is 11.8 Å². The van der Waals surface area contributed by atoms with E-state index < -0.39 is 20.5 Å². The molecular formula is C10H8ClNO3S. The third kappa shape index (κ3) is 2.35. The first-order chi connectivity index (χ1) is 7.39. The molecule has 0 aliphatic heterocycles. The monoisotopic (exact) mass is 257 g/mol. The van der Waals surface area contributed by atoms with Crippen molar-refractivity contribution in [2.45, 2.75) is 11.8 Å².